The van der Waals surface area contributed by atoms with Crippen LogP contribution < -0.4 is 28.2 Å². The molecule has 0 aliphatic carbocycles. The van der Waals surface area contributed by atoms with Crippen molar-refractivity contribution in [2.24, 2.45) is 0 Å². The van der Waals surface area contributed by atoms with Gasteiger partial charge in [-0.25, -0.2) is 0 Å². The molecule has 0 saturated heterocycles. The van der Waals surface area contributed by atoms with Crippen LogP contribution in [0.1, 0.15) is 73.3 Å². The normalized spacial score (nSPS) is 13.7. The van der Waals surface area contributed by atoms with Crippen LogP contribution in [0.15, 0.2) is 84.9 Å². The molecule has 0 fully saturated rings. The second-order valence-corrected chi connectivity index (χ2v) is 11.3. The Morgan fingerprint density at radius 2 is 0.956 bits per heavy atom. The SMILES string of the molecule is O=C(O)c1ccc2c(c1)C(=O)N(Cc1cccc(O[I-]Oc3cccc(CN4C(=O)c5ccc(C(=O)O)cc5C4=O)c3)c1)C2=O. The van der Waals surface area contributed by atoms with Crippen molar-refractivity contribution in [3.05, 3.63) is 129 Å². The van der Waals surface area contributed by atoms with Crippen LogP contribution in [0, 0.1) is 0 Å². The molecule has 0 radical (unpaired) electrons. The molecule has 2 aliphatic rings. The number of carbonyl (C=O) groups is 6. The van der Waals surface area contributed by atoms with Gasteiger partial charge in [0.25, 0.3) is 0 Å². The third-order valence-corrected chi connectivity index (χ3v) is 8.53. The zero-order valence-electron chi connectivity index (χ0n) is 22.9. The molecular weight excluding hydrogens is 699 g/mol. The van der Waals surface area contributed by atoms with E-state index in [0.29, 0.717) is 22.6 Å². The molecule has 226 valence electrons. The molecule has 0 unspecified atom stereocenters. The molecule has 2 N–H and O–H groups in total. The molecule has 4 aromatic rings. The van der Waals surface area contributed by atoms with E-state index >= 15 is 0 Å². The van der Waals surface area contributed by atoms with Crippen molar-refractivity contribution in [2.75, 3.05) is 0 Å². The Balaban J connectivity index is 1.06. The summed E-state index contributed by atoms with van der Waals surface area (Å²) in [5.41, 5.74) is 1.45. The van der Waals surface area contributed by atoms with Gasteiger partial charge in [0.2, 0.25) is 0 Å². The Labute approximate surface area is 265 Å². The fraction of sp³-hybridized carbons (Fsp3) is 0.0625. The van der Waals surface area contributed by atoms with Crippen LogP contribution in [0.4, 0.5) is 0 Å². The van der Waals surface area contributed by atoms with E-state index in [4.69, 9.17) is 6.13 Å². The van der Waals surface area contributed by atoms with E-state index in [1.54, 1.807) is 48.5 Å². The van der Waals surface area contributed by atoms with Crippen molar-refractivity contribution < 1.29 is 67.1 Å². The fourth-order valence-corrected chi connectivity index (χ4v) is 6.02. The summed E-state index contributed by atoms with van der Waals surface area (Å²) >= 11 is -1.33. The molecule has 4 amide bonds. The third kappa shape index (κ3) is 5.72. The Hall–Kier alpha value is -5.57. The van der Waals surface area contributed by atoms with Crippen LogP contribution in [0.5, 0.6) is 11.5 Å². The zero-order valence-corrected chi connectivity index (χ0v) is 25.1. The standard InChI is InChI=1S/C32H20IN2O10/c36-27-23-9-7-19(31(40)41)13-25(23)29(38)34(27)15-17-3-1-5-21(11-17)44-33-45-22-6-2-4-18(12-22)16-35-28(37)24-10-8-20(32(42)43)14-26(24)30(35)39/h1-14H,15-16H2,(H,40,41)(H,42,43)/q-1. The van der Waals surface area contributed by atoms with E-state index in [1.807, 2.05) is 0 Å². The van der Waals surface area contributed by atoms with Gasteiger partial charge in [0.15, 0.2) is 0 Å². The Kier molecular flexibility index (Phi) is 7.76. The monoisotopic (exact) mass is 719 g/mol. The summed E-state index contributed by atoms with van der Waals surface area (Å²) < 4.78 is 11.6. The molecule has 2 heterocycles. The molecule has 0 spiro atoms. The summed E-state index contributed by atoms with van der Waals surface area (Å²) in [7, 11) is 0. The van der Waals surface area contributed by atoms with Gasteiger partial charge in [-0.2, -0.15) is 0 Å². The molecular formula is C32H20IN2O10-. The Morgan fingerprint density at radius 1 is 0.556 bits per heavy atom. The average Bonchev–Trinajstić information content (AvgIpc) is 3.41. The van der Waals surface area contributed by atoms with Crippen LogP contribution in [0.2, 0.25) is 0 Å². The molecule has 0 atom stereocenters. The Morgan fingerprint density at radius 3 is 1.36 bits per heavy atom. The van der Waals surface area contributed by atoms with E-state index < -0.39 is 57.6 Å². The summed E-state index contributed by atoms with van der Waals surface area (Å²) in [6, 6.07) is 21.2. The van der Waals surface area contributed by atoms with E-state index in [1.165, 1.54) is 36.4 Å². The topological polar surface area (TPSA) is 168 Å². The maximum absolute atomic E-state index is 12.9. The molecule has 0 saturated carbocycles. The van der Waals surface area contributed by atoms with Gasteiger partial charge in [0.1, 0.15) is 0 Å². The number of hydrogen-bond acceptors (Lipinski definition) is 8. The van der Waals surface area contributed by atoms with Crippen LogP contribution in [0.25, 0.3) is 0 Å². The number of aromatic carboxylic acids is 2. The van der Waals surface area contributed by atoms with Crippen LogP contribution >= 0.6 is 0 Å². The first kappa shape index (κ1) is 29.5. The first-order chi connectivity index (χ1) is 21.6. The number of imide groups is 2. The molecule has 6 rings (SSSR count). The molecule has 12 nitrogen and oxygen atoms in total. The van der Waals surface area contributed by atoms with Crippen molar-refractivity contribution in [1.82, 2.24) is 9.80 Å². The quantitative estimate of drug-likeness (QED) is 0.179. The predicted octanol–water partition coefficient (Wildman–Crippen LogP) is 1.05. The maximum atomic E-state index is 12.9. The van der Waals surface area contributed by atoms with Gasteiger partial charge in [-0.3, -0.25) is 0 Å². The molecule has 45 heavy (non-hydrogen) atoms. The van der Waals surface area contributed by atoms with E-state index in [0.717, 1.165) is 9.80 Å². The molecule has 13 heteroatoms. The van der Waals surface area contributed by atoms with E-state index in [2.05, 4.69) is 0 Å². The van der Waals surface area contributed by atoms with Crippen molar-refractivity contribution in [1.29, 1.82) is 0 Å². The Bertz CT molecular complexity index is 1820. The van der Waals surface area contributed by atoms with Crippen molar-refractivity contribution in [3.8, 4) is 11.5 Å². The van der Waals surface area contributed by atoms with Crippen LogP contribution in [0.3, 0.4) is 0 Å². The van der Waals surface area contributed by atoms with Gasteiger partial charge in [-0.1, -0.05) is 0 Å². The number of hydrogen-bond donors (Lipinski definition) is 2. The molecule has 0 aromatic heterocycles. The van der Waals surface area contributed by atoms with Gasteiger partial charge in [0, 0.05) is 0 Å². The van der Waals surface area contributed by atoms with Gasteiger partial charge >= 0.3 is 267 Å². The van der Waals surface area contributed by atoms with Gasteiger partial charge in [-0.05, 0) is 0 Å². The number of benzene rings is 4. The first-order valence-electron chi connectivity index (χ1n) is 13.2. The second-order valence-electron chi connectivity index (χ2n) is 10.0. The third-order valence-electron chi connectivity index (χ3n) is 7.15. The zero-order chi connectivity index (χ0) is 31.8. The molecule has 4 aromatic carbocycles. The number of amides is 4. The minimum absolute atomic E-state index is 0.0391. The number of fused-ring (bicyclic) bond motifs is 2. The van der Waals surface area contributed by atoms with Crippen molar-refractivity contribution in [2.45, 2.75) is 13.1 Å². The summed E-state index contributed by atoms with van der Waals surface area (Å²) in [6.45, 7) is -0.0782. The minimum atomic E-state index is -1.33. The van der Waals surface area contributed by atoms with Crippen LogP contribution in [-0.2, 0) is 13.1 Å². The number of carboxylic acids is 2. The number of rotatable bonds is 10. The number of carbonyl (C=O) groups excluding carboxylic acids is 4. The molecule has 2 aliphatic heterocycles. The summed E-state index contributed by atoms with van der Waals surface area (Å²) in [6.07, 6.45) is 0. The van der Waals surface area contributed by atoms with E-state index in [9.17, 15) is 39.0 Å². The first-order valence-corrected chi connectivity index (χ1v) is 15.0. The summed E-state index contributed by atoms with van der Waals surface area (Å²) in [4.78, 5) is 76.0. The average molecular weight is 719 g/mol. The van der Waals surface area contributed by atoms with Gasteiger partial charge < -0.3 is 0 Å². The number of nitrogens with zero attached hydrogens (tertiary/aromatic N) is 2. The van der Waals surface area contributed by atoms with Gasteiger partial charge in [-0.15, -0.1) is 0 Å². The van der Waals surface area contributed by atoms with Crippen molar-refractivity contribution in [3.63, 3.8) is 0 Å². The van der Waals surface area contributed by atoms with Crippen molar-refractivity contribution >= 4 is 35.6 Å². The van der Waals surface area contributed by atoms with Gasteiger partial charge in [0.05, 0.1) is 0 Å². The predicted molar refractivity (Wildman–Crippen MR) is 149 cm³/mol. The van der Waals surface area contributed by atoms with E-state index in [-0.39, 0.29) is 46.5 Å². The fourth-order valence-electron chi connectivity index (χ4n) is 4.97. The summed E-state index contributed by atoms with van der Waals surface area (Å²) in [5.74, 6) is -3.67. The number of halogens is 1. The van der Waals surface area contributed by atoms with Crippen LogP contribution in [-0.4, -0.2) is 55.6 Å². The summed E-state index contributed by atoms with van der Waals surface area (Å²) in [5, 5.41) is 18.4. The second kappa shape index (κ2) is 11.8. The molecule has 0 bridgehead atoms. The number of carboxylic acid groups (broad SMARTS) is 2.